The van der Waals surface area contributed by atoms with Crippen LogP contribution >= 0.6 is 0 Å². The highest BCUT2D eigenvalue weighted by atomic mass is 16.5. The molecule has 0 bridgehead atoms. The molecule has 102 valence electrons. The Hall–Kier alpha value is -2.11. The van der Waals surface area contributed by atoms with Gasteiger partial charge in [0.15, 0.2) is 0 Å². The number of aromatic nitrogens is 3. The molecular formula is C13H19N5O. The molecule has 19 heavy (non-hydrogen) atoms. The number of anilines is 2. The molecule has 0 spiro atoms. The Morgan fingerprint density at radius 2 is 2.05 bits per heavy atom. The maximum Gasteiger partial charge on any atom is 0.138 e. The minimum Gasteiger partial charge on any atom is -0.383 e. The minimum atomic E-state index is -0.147. The molecule has 0 aromatic carbocycles. The van der Waals surface area contributed by atoms with Crippen LogP contribution in [0.25, 0.3) is 0 Å². The lowest BCUT2D eigenvalue weighted by Crippen LogP contribution is -2.19. The van der Waals surface area contributed by atoms with Gasteiger partial charge in [0, 0.05) is 17.0 Å². The van der Waals surface area contributed by atoms with E-state index in [1.165, 1.54) is 0 Å². The monoisotopic (exact) mass is 261 g/mol. The Kier molecular flexibility index (Phi) is 3.42. The summed E-state index contributed by atoms with van der Waals surface area (Å²) in [4.78, 5) is 8.89. The first kappa shape index (κ1) is 13.3. The van der Waals surface area contributed by atoms with E-state index in [1.807, 2.05) is 6.92 Å². The van der Waals surface area contributed by atoms with E-state index in [-0.39, 0.29) is 5.41 Å². The zero-order chi connectivity index (χ0) is 14.0. The third kappa shape index (κ3) is 3.01. The van der Waals surface area contributed by atoms with Crippen molar-refractivity contribution in [2.24, 2.45) is 0 Å². The van der Waals surface area contributed by atoms with Crippen LogP contribution in [0.5, 0.6) is 0 Å². The molecule has 3 N–H and O–H groups in total. The Labute approximate surface area is 112 Å². The van der Waals surface area contributed by atoms with Gasteiger partial charge >= 0.3 is 0 Å². The Bertz CT molecular complexity index is 557. The summed E-state index contributed by atoms with van der Waals surface area (Å²) in [6.45, 7) is 8.60. The van der Waals surface area contributed by atoms with E-state index in [4.69, 9.17) is 10.3 Å². The molecular weight excluding hydrogens is 242 g/mol. The highest BCUT2D eigenvalue weighted by molar-refractivity contribution is 5.55. The van der Waals surface area contributed by atoms with E-state index in [1.54, 1.807) is 12.3 Å². The molecule has 0 unspecified atom stereocenters. The fourth-order valence-corrected chi connectivity index (χ4v) is 1.54. The second kappa shape index (κ2) is 4.87. The van der Waals surface area contributed by atoms with Crippen molar-refractivity contribution in [1.29, 1.82) is 0 Å². The molecule has 0 aliphatic heterocycles. The fourth-order valence-electron chi connectivity index (χ4n) is 1.54. The molecule has 2 rings (SSSR count). The smallest absolute Gasteiger partial charge is 0.138 e. The summed E-state index contributed by atoms with van der Waals surface area (Å²) in [5, 5.41) is 7.06. The van der Waals surface area contributed by atoms with Crippen molar-refractivity contribution in [2.45, 2.75) is 39.7 Å². The van der Waals surface area contributed by atoms with Gasteiger partial charge in [0.1, 0.15) is 29.4 Å². The highest BCUT2D eigenvalue weighted by Gasteiger charge is 2.20. The molecule has 2 heterocycles. The average Bonchev–Trinajstić information content (AvgIpc) is 2.82. The maximum absolute atomic E-state index is 5.94. The van der Waals surface area contributed by atoms with Crippen molar-refractivity contribution in [1.82, 2.24) is 15.1 Å². The number of nitrogens with two attached hydrogens (primary N) is 1. The second-order valence-electron chi connectivity index (χ2n) is 5.50. The second-order valence-corrected chi connectivity index (χ2v) is 5.50. The van der Waals surface area contributed by atoms with Gasteiger partial charge in [-0.1, -0.05) is 25.9 Å². The van der Waals surface area contributed by atoms with E-state index >= 15 is 0 Å². The van der Waals surface area contributed by atoms with E-state index in [0.29, 0.717) is 12.4 Å². The lowest BCUT2D eigenvalue weighted by atomic mass is 9.95. The molecule has 0 aliphatic carbocycles. The van der Waals surface area contributed by atoms with Crippen molar-refractivity contribution in [3.8, 4) is 0 Å². The van der Waals surface area contributed by atoms with E-state index in [9.17, 15) is 0 Å². The molecule has 0 amide bonds. The van der Waals surface area contributed by atoms with Crippen LogP contribution in [0.1, 0.15) is 37.9 Å². The Balaban J connectivity index is 2.26. The van der Waals surface area contributed by atoms with Crippen LogP contribution in [0.15, 0.2) is 16.9 Å². The third-order valence-electron chi connectivity index (χ3n) is 2.78. The standard InChI is InChI=1S/C13H19N5O/c1-8-10(14)16-12(13(2,3)4)17-11(8)15-7-9-5-6-19-18-9/h5-6H,7H2,1-4H3,(H3,14,15,16,17). The van der Waals surface area contributed by atoms with E-state index in [2.05, 4.69) is 41.2 Å². The van der Waals surface area contributed by atoms with E-state index in [0.717, 1.165) is 22.9 Å². The summed E-state index contributed by atoms with van der Waals surface area (Å²) in [5.41, 5.74) is 7.45. The molecule has 0 radical (unpaired) electrons. The number of nitrogen functional groups attached to an aromatic ring is 1. The number of nitrogens with one attached hydrogen (secondary N) is 1. The van der Waals surface area contributed by atoms with Crippen LogP contribution in [0.2, 0.25) is 0 Å². The molecule has 0 fully saturated rings. The summed E-state index contributed by atoms with van der Waals surface area (Å²) in [6.07, 6.45) is 1.54. The summed E-state index contributed by atoms with van der Waals surface area (Å²) >= 11 is 0. The van der Waals surface area contributed by atoms with Crippen molar-refractivity contribution >= 4 is 11.6 Å². The van der Waals surface area contributed by atoms with Gasteiger partial charge in [-0.25, -0.2) is 9.97 Å². The molecule has 6 heteroatoms. The van der Waals surface area contributed by atoms with Crippen LogP contribution in [-0.4, -0.2) is 15.1 Å². The summed E-state index contributed by atoms with van der Waals surface area (Å²) in [6, 6.07) is 1.80. The van der Waals surface area contributed by atoms with Crippen LogP contribution in [0, 0.1) is 6.92 Å². The van der Waals surface area contributed by atoms with Crippen LogP contribution < -0.4 is 11.1 Å². The molecule has 6 nitrogen and oxygen atoms in total. The fraction of sp³-hybridized carbons (Fsp3) is 0.462. The Morgan fingerprint density at radius 1 is 1.32 bits per heavy atom. The van der Waals surface area contributed by atoms with Crippen molar-refractivity contribution in [2.75, 3.05) is 11.1 Å². The van der Waals surface area contributed by atoms with Gasteiger partial charge in [-0.2, -0.15) is 0 Å². The lowest BCUT2D eigenvalue weighted by molar-refractivity contribution is 0.412. The van der Waals surface area contributed by atoms with Gasteiger partial charge in [0.2, 0.25) is 0 Å². The topological polar surface area (TPSA) is 89.9 Å². The van der Waals surface area contributed by atoms with Crippen LogP contribution in [0.3, 0.4) is 0 Å². The number of hydrogen-bond donors (Lipinski definition) is 2. The predicted molar refractivity (Wildman–Crippen MR) is 73.7 cm³/mol. The average molecular weight is 261 g/mol. The van der Waals surface area contributed by atoms with E-state index < -0.39 is 0 Å². The maximum atomic E-state index is 5.94. The van der Waals surface area contributed by atoms with Crippen molar-refractivity contribution in [3.63, 3.8) is 0 Å². The summed E-state index contributed by atoms with van der Waals surface area (Å²) < 4.78 is 4.79. The number of hydrogen-bond acceptors (Lipinski definition) is 6. The first-order valence-electron chi connectivity index (χ1n) is 6.15. The number of rotatable bonds is 3. The van der Waals surface area contributed by atoms with Gasteiger partial charge in [0.05, 0.1) is 6.54 Å². The summed E-state index contributed by atoms with van der Waals surface area (Å²) in [7, 11) is 0. The quantitative estimate of drug-likeness (QED) is 0.880. The third-order valence-corrected chi connectivity index (χ3v) is 2.78. The molecule has 0 atom stereocenters. The SMILES string of the molecule is Cc1c(N)nc(C(C)(C)C)nc1NCc1ccon1. The Morgan fingerprint density at radius 3 is 2.63 bits per heavy atom. The summed E-state index contributed by atoms with van der Waals surface area (Å²) in [5.74, 6) is 1.96. The lowest BCUT2D eigenvalue weighted by Gasteiger charge is -2.19. The normalized spacial score (nSPS) is 11.6. The molecule has 2 aromatic rings. The zero-order valence-corrected chi connectivity index (χ0v) is 11.7. The van der Waals surface area contributed by atoms with Crippen LogP contribution in [0.4, 0.5) is 11.6 Å². The first-order chi connectivity index (χ1) is 8.88. The van der Waals surface area contributed by atoms with Gasteiger partial charge in [-0.3, -0.25) is 0 Å². The molecule has 0 saturated heterocycles. The molecule has 0 saturated carbocycles. The van der Waals surface area contributed by atoms with Gasteiger partial charge in [0.25, 0.3) is 0 Å². The van der Waals surface area contributed by atoms with Crippen molar-refractivity contribution < 1.29 is 4.52 Å². The zero-order valence-electron chi connectivity index (χ0n) is 11.7. The van der Waals surface area contributed by atoms with Gasteiger partial charge in [-0.15, -0.1) is 0 Å². The highest BCUT2D eigenvalue weighted by Crippen LogP contribution is 2.24. The minimum absolute atomic E-state index is 0.147. The van der Waals surface area contributed by atoms with Crippen LogP contribution in [-0.2, 0) is 12.0 Å². The van der Waals surface area contributed by atoms with Gasteiger partial charge in [-0.05, 0) is 6.92 Å². The largest absolute Gasteiger partial charge is 0.383 e. The number of nitrogens with zero attached hydrogens (tertiary/aromatic N) is 3. The van der Waals surface area contributed by atoms with Crippen molar-refractivity contribution in [3.05, 3.63) is 29.4 Å². The van der Waals surface area contributed by atoms with Gasteiger partial charge < -0.3 is 15.6 Å². The molecule has 2 aromatic heterocycles. The first-order valence-corrected chi connectivity index (χ1v) is 6.15. The molecule has 0 aliphatic rings. The predicted octanol–water partition coefficient (Wildman–Crippen LogP) is 2.26.